The lowest BCUT2D eigenvalue weighted by molar-refractivity contribution is -0.140. The Morgan fingerprint density at radius 1 is 1.39 bits per heavy atom. The second-order valence-corrected chi connectivity index (χ2v) is 5.54. The zero-order valence-corrected chi connectivity index (χ0v) is 10.8. The number of carboxylic acid groups (broad SMARTS) is 1. The van der Waals surface area contributed by atoms with Crippen LogP contribution in [0.2, 0.25) is 0 Å². The lowest BCUT2D eigenvalue weighted by Crippen LogP contribution is -2.23. The Morgan fingerprint density at radius 2 is 2.17 bits per heavy atom. The molecular formula is C13H9O3S2. The molecule has 0 aromatic carbocycles. The molecule has 2 N–H and O–H groups in total. The molecule has 0 bridgehead atoms. The van der Waals surface area contributed by atoms with Gasteiger partial charge in [0.15, 0.2) is 0 Å². The molecule has 0 amide bonds. The number of thiophene rings is 2. The smallest absolute Gasteiger partial charge is 0.315 e. The molecule has 2 aromatic heterocycles. The van der Waals surface area contributed by atoms with Crippen LogP contribution in [0.3, 0.4) is 0 Å². The van der Waals surface area contributed by atoms with Crippen molar-refractivity contribution in [2.75, 3.05) is 0 Å². The molecule has 0 aliphatic heterocycles. The van der Waals surface area contributed by atoms with Gasteiger partial charge in [0.25, 0.3) is 0 Å². The quantitative estimate of drug-likeness (QED) is 0.844. The molecule has 5 heteroatoms. The van der Waals surface area contributed by atoms with E-state index in [4.69, 9.17) is 11.5 Å². The van der Waals surface area contributed by atoms with Crippen molar-refractivity contribution in [2.45, 2.75) is 12.0 Å². The number of carboxylic acids is 1. The molecule has 3 nitrogen and oxygen atoms in total. The van der Waals surface area contributed by atoms with Crippen LogP contribution in [0.15, 0.2) is 24.3 Å². The number of carbonyl (C=O) groups is 1. The van der Waals surface area contributed by atoms with E-state index in [1.54, 1.807) is 6.07 Å². The summed E-state index contributed by atoms with van der Waals surface area (Å²) in [6, 6.07) is 7.25. The number of aliphatic carboxylic acids is 1. The normalized spacial score (nSPS) is 13.8. The van der Waals surface area contributed by atoms with E-state index < -0.39 is 18.0 Å². The van der Waals surface area contributed by atoms with E-state index in [9.17, 15) is 9.90 Å². The van der Waals surface area contributed by atoms with Gasteiger partial charge in [-0.25, -0.2) is 0 Å². The highest BCUT2D eigenvalue weighted by Gasteiger charge is 2.28. The van der Waals surface area contributed by atoms with Crippen LogP contribution in [0.25, 0.3) is 9.75 Å². The summed E-state index contributed by atoms with van der Waals surface area (Å²) in [6.45, 7) is 0. The largest absolute Gasteiger partial charge is 0.481 e. The summed E-state index contributed by atoms with van der Waals surface area (Å²) in [5.41, 5.74) is 0. The monoisotopic (exact) mass is 277 g/mol. The lowest BCUT2D eigenvalue weighted by Gasteiger charge is -2.12. The number of hydrogen-bond acceptors (Lipinski definition) is 4. The van der Waals surface area contributed by atoms with Crippen LogP contribution in [-0.4, -0.2) is 22.3 Å². The second-order valence-electron chi connectivity index (χ2n) is 3.55. The maximum Gasteiger partial charge on any atom is 0.315 e. The summed E-state index contributed by atoms with van der Waals surface area (Å²) in [5, 5.41) is 21.7. The topological polar surface area (TPSA) is 57.5 Å². The minimum absolute atomic E-state index is 0.552. The van der Waals surface area contributed by atoms with E-state index in [-0.39, 0.29) is 0 Å². The molecule has 0 saturated heterocycles. The van der Waals surface area contributed by atoms with Crippen molar-refractivity contribution in [3.8, 4) is 22.1 Å². The van der Waals surface area contributed by atoms with E-state index >= 15 is 0 Å². The van der Waals surface area contributed by atoms with Gasteiger partial charge in [0.05, 0.1) is 0 Å². The van der Waals surface area contributed by atoms with Crippen LogP contribution < -0.4 is 0 Å². The Bertz CT molecular complexity index is 578. The SMILES string of the molecule is C#CC(O)C(C(=O)O)c1ccc(-c2cc[c]s2)s1. The van der Waals surface area contributed by atoms with Gasteiger partial charge >= 0.3 is 5.97 Å². The summed E-state index contributed by atoms with van der Waals surface area (Å²) in [7, 11) is 0. The molecule has 1 radical (unpaired) electrons. The van der Waals surface area contributed by atoms with Crippen LogP contribution in [0.5, 0.6) is 0 Å². The fourth-order valence-corrected chi connectivity index (χ4v) is 3.40. The van der Waals surface area contributed by atoms with E-state index in [0.29, 0.717) is 4.88 Å². The lowest BCUT2D eigenvalue weighted by atomic mass is 10.0. The first-order valence-corrected chi connectivity index (χ1v) is 6.69. The molecule has 2 heterocycles. The van der Waals surface area contributed by atoms with Crippen molar-refractivity contribution < 1.29 is 15.0 Å². The van der Waals surface area contributed by atoms with E-state index in [0.717, 1.165) is 9.75 Å². The Morgan fingerprint density at radius 3 is 2.72 bits per heavy atom. The van der Waals surface area contributed by atoms with Crippen molar-refractivity contribution in [1.29, 1.82) is 0 Å². The van der Waals surface area contributed by atoms with E-state index in [1.807, 2.05) is 18.2 Å². The average Bonchev–Trinajstić information content (AvgIpc) is 2.98. The highest BCUT2D eigenvalue weighted by Crippen LogP contribution is 2.35. The molecule has 0 saturated carbocycles. The third-order valence-corrected chi connectivity index (χ3v) is 4.56. The Kier molecular flexibility index (Phi) is 3.82. The summed E-state index contributed by atoms with van der Waals surface area (Å²) >= 11 is 2.78. The van der Waals surface area contributed by atoms with Gasteiger partial charge in [0.1, 0.15) is 12.0 Å². The maximum absolute atomic E-state index is 11.1. The first-order valence-electron chi connectivity index (χ1n) is 5.06. The number of hydrogen-bond donors (Lipinski definition) is 2. The number of rotatable bonds is 4. The number of terminal acetylenes is 1. The van der Waals surface area contributed by atoms with Gasteiger partial charge in [-0.2, -0.15) is 0 Å². The summed E-state index contributed by atoms with van der Waals surface area (Å²) < 4.78 is 0. The molecule has 18 heavy (non-hydrogen) atoms. The van der Waals surface area contributed by atoms with Gasteiger partial charge in [-0.3, -0.25) is 4.79 Å². The molecule has 0 aliphatic carbocycles. The Hall–Kier alpha value is -1.61. The fourth-order valence-electron chi connectivity index (χ4n) is 1.53. The first kappa shape index (κ1) is 12.8. The van der Waals surface area contributed by atoms with E-state index in [2.05, 4.69) is 11.3 Å². The minimum Gasteiger partial charge on any atom is -0.481 e. The van der Waals surface area contributed by atoms with Crippen LogP contribution >= 0.6 is 22.7 Å². The van der Waals surface area contributed by atoms with E-state index in [1.165, 1.54) is 22.7 Å². The van der Waals surface area contributed by atoms with Gasteiger partial charge < -0.3 is 10.2 Å². The third kappa shape index (κ3) is 2.46. The predicted octanol–water partition coefficient (Wildman–Crippen LogP) is 2.44. The number of aliphatic hydroxyl groups is 1. The highest BCUT2D eigenvalue weighted by molar-refractivity contribution is 7.21. The molecule has 0 aliphatic rings. The molecular weight excluding hydrogens is 268 g/mol. The molecule has 0 spiro atoms. The second kappa shape index (κ2) is 5.36. The minimum atomic E-state index is -1.32. The molecule has 91 valence electrons. The molecule has 2 atom stereocenters. The maximum atomic E-state index is 11.1. The Balaban J connectivity index is 2.34. The van der Waals surface area contributed by atoms with Crippen LogP contribution in [0, 0.1) is 17.7 Å². The van der Waals surface area contributed by atoms with Crippen molar-refractivity contribution >= 4 is 28.6 Å². The standard InChI is InChI=1S/C13H9O3S2/c1-2-8(14)12(13(15)16)11-6-5-10(18-11)9-4-3-7-17-9/h1,3-6,8,12,14H,(H,15,16). The van der Waals surface area contributed by atoms with Gasteiger partial charge in [0.2, 0.25) is 0 Å². The summed E-state index contributed by atoms with van der Waals surface area (Å²) in [4.78, 5) is 13.7. The fraction of sp³-hybridized carbons (Fsp3) is 0.154. The van der Waals surface area contributed by atoms with Gasteiger partial charge in [0, 0.05) is 20.0 Å². The average molecular weight is 277 g/mol. The van der Waals surface area contributed by atoms with Crippen molar-refractivity contribution in [3.63, 3.8) is 0 Å². The zero-order chi connectivity index (χ0) is 13.1. The summed E-state index contributed by atoms with van der Waals surface area (Å²) in [5.74, 6) is -0.124. The molecule has 0 fully saturated rings. The number of aliphatic hydroxyl groups excluding tert-OH is 1. The third-order valence-electron chi connectivity index (χ3n) is 2.40. The van der Waals surface area contributed by atoms with Crippen LogP contribution in [0.4, 0.5) is 0 Å². The van der Waals surface area contributed by atoms with Crippen LogP contribution in [0.1, 0.15) is 10.8 Å². The highest BCUT2D eigenvalue weighted by atomic mass is 32.1. The first-order chi connectivity index (χ1) is 8.63. The predicted molar refractivity (Wildman–Crippen MR) is 71.7 cm³/mol. The van der Waals surface area contributed by atoms with Gasteiger partial charge in [-0.05, 0) is 24.3 Å². The van der Waals surface area contributed by atoms with Crippen molar-refractivity contribution in [2.24, 2.45) is 0 Å². The zero-order valence-electron chi connectivity index (χ0n) is 9.16. The van der Waals surface area contributed by atoms with Crippen LogP contribution in [-0.2, 0) is 4.79 Å². The van der Waals surface area contributed by atoms with Gasteiger partial charge in [-0.15, -0.1) is 29.1 Å². The Labute approximate surface area is 112 Å². The molecule has 2 unspecified atom stereocenters. The summed E-state index contributed by atoms with van der Waals surface area (Å²) in [6.07, 6.45) is 3.77. The molecule has 2 rings (SSSR count). The van der Waals surface area contributed by atoms with Gasteiger partial charge in [-0.1, -0.05) is 5.92 Å². The van der Waals surface area contributed by atoms with Crippen molar-refractivity contribution in [3.05, 3.63) is 34.5 Å². The molecule has 2 aromatic rings. The van der Waals surface area contributed by atoms with Crippen molar-refractivity contribution in [1.82, 2.24) is 0 Å².